The molecule has 1 rings (SSSR count). The molecule has 1 aromatic heterocycles. The summed E-state index contributed by atoms with van der Waals surface area (Å²) in [5.74, 6) is -0.0179. The first kappa shape index (κ1) is 13.7. The quantitative estimate of drug-likeness (QED) is 0.859. The third-order valence-electron chi connectivity index (χ3n) is 1.77. The van der Waals surface area contributed by atoms with Crippen molar-refractivity contribution in [1.29, 1.82) is 5.26 Å². The lowest BCUT2D eigenvalue weighted by Crippen LogP contribution is -2.31. The maximum absolute atomic E-state index is 11.3. The first-order chi connectivity index (χ1) is 8.02. The smallest absolute Gasteiger partial charge is 0.221 e. The van der Waals surface area contributed by atoms with Crippen molar-refractivity contribution in [3.63, 3.8) is 0 Å². The predicted octanol–water partition coefficient (Wildman–Crippen LogP) is 1.99. The number of anilines is 1. The van der Waals surface area contributed by atoms with E-state index in [-0.39, 0.29) is 17.1 Å². The van der Waals surface area contributed by atoms with Crippen molar-refractivity contribution in [2.75, 3.05) is 11.9 Å². The zero-order chi connectivity index (χ0) is 12.8. The van der Waals surface area contributed by atoms with Crippen LogP contribution in [0.15, 0.2) is 0 Å². The molecule has 0 atom stereocenters. The molecule has 1 aromatic rings. The molecule has 92 valence electrons. The molecule has 0 aliphatic rings. The number of carbonyl (C=O) groups excluding carboxylic acids is 1. The molecule has 0 saturated heterocycles. The molecule has 1 heterocycles. The number of carbonyl (C=O) groups is 1. The molecule has 7 heteroatoms. The van der Waals surface area contributed by atoms with E-state index < -0.39 is 0 Å². The summed E-state index contributed by atoms with van der Waals surface area (Å²) in [4.78, 5) is 15.7. The molecule has 0 aliphatic carbocycles. The Morgan fingerprint density at radius 2 is 2.35 bits per heavy atom. The lowest BCUT2D eigenvalue weighted by Gasteiger charge is -2.07. The summed E-state index contributed by atoms with van der Waals surface area (Å²) in [6, 6.07) is 2.09. The van der Waals surface area contributed by atoms with Gasteiger partial charge in [-0.1, -0.05) is 22.9 Å². The molecule has 0 fully saturated rings. The van der Waals surface area contributed by atoms with Crippen LogP contribution in [0.1, 0.15) is 25.1 Å². The van der Waals surface area contributed by atoms with E-state index in [9.17, 15) is 4.79 Å². The third kappa shape index (κ3) is 4.59. The zero-order valence-corrected chi connectivity index (χ0v) is 11.2. The summed E-state index contributed by atoms with van der Waals surface area (Å²) >= 11 is 6.89. The van der Waals surface area contributed by atoms with Gasteiger partial charge < -0.3 is 10.6 Å². The van der Waals surface area contributed by atoms with E-state index in [0.29, 0.717) is 23.0 Å². The van der Waals surface area contributed by atoms with Crippen LogP contribution >= 0.6 is 22.9 Å². The highest BCUT2D eigenvalue weighted by Crippen LogP contribution is 2.25. The normalized spacial score (nSPS) is 10.1. The Kier molecular flexibility index (Phi) is 5.19. The van der Waals surface area contributed by atoms with Gasteiger partial charge in [0.2, 0.25) is 5.91 Å². The molecule has 17 heavy (non-hydrogen) atoms. The SMILES string of the molecule is CC(C)NC(=O)CCNc1nc(Cl)c(C#N)s1. The Morgan fingerprint density at radius 3 is 2.88 bits per heavy atom. The molecule has 0 bridgehead atoms. The maximum atomic E-state index is 11.3. The number of thiazole rings is 1. The fourth-order valence-electron chi connectivity index (χ4n) is 1.12. The number of nitrogens with zero attached hydrogens (tertiary/aromatic N) is 2. The van der Waals surface area contributed by atoms with Crippen LogP contribution in [0.5, 0.6) is 0 Å². The Balaban J connectivity index is 2.36. The number of hydrogen-bond acceptors (Lipinski definition) is 5. The van der Waals surface area contributed by atoms with Crippen molar-refractivity contribution < 1.29 is 4.79 Å². The molecule has 0 radical (unpaired) electrons. The molecule has 0 aliphatic heterocycles. The fourth-order valence-corrected chi connectivity index (χ4v) is 2.10. The van der Waals surface area contributed by atoms with Crippen molar-refractivity contribution in [1.82, 2.24) is 10.3 Å². The van der Waals surface area contributed by atoms with Crippen LogP contribution in [0.3, 0.4) is 0 Å². The Bertz CT molecular complexity index is 438. The number of hydrogen-bond donors (Lipinski definition) is 2. The van der Waals surface area contributed by atoms with Crippen molar-refractivity contribution >= 4 is 34.0 Å². The van der Waals surface area contributed by atoms with Crippen LogP contribution in [-0.4, -0.2) is 23.5 Å². The maximum Gasteiger partial charge on any atom is 0.221 e. The average Bonchev–Trinajstić information content (AvgIpc) is 2.57. The summed E-state index contributed by atoms with van der Waals surface area (Å²) in [7, 11) is 0. The highest BCUT2D eigenvalue weighted by molar-refractivity contribution is 7.16. The van der Waals surface area contributed by atoms with Gasteiger partial charge in [0.1, 0.15) is 10.9 Å². The minimum absolute atomic E-state index is 0.0179. The van der Waals surface area contributed by atoms with E-state index in [1.807, 2.05) is 19.9 Å². The molecular formula is C10H13ClN4OS. The number of halogens is 1. The van der Waals surface area contributed by atoms with Gasteiger partial charge in [0.15, 0.2) is 10.3 Å². The summed E-state index contributed by atoms with van der Waals surface area (Å²) < 4.78 is 0. The zero-order valence-electron chi connectivity index (χ0n) is 9.58. The second-order valence-corrected chi connectivity index (χ2v) is 5.01. The predicted molar refractivity (Wildman–Crippen MR) is 68.2 cm³/mol. The van der Waals surface area contributed by atoms with Gasteiger partial charge in [-0.3, -0.25) is 4.79 Å². The van der Waals surface area contributed by atoms with E-state index in [4.69, 9.17) is 16.9 Å². The third-order valence-corrected chi connectivity index (χ3v) is 3.07. The minimum Gasteiger partial charge on any atom is -0.361 e. The van der Waals surface area contributed by atoms with Crippen LogP contribution < -0.4 is 10.6 Å². The second kappa shape index (κ2) is 6.42. The largest absolute Gasteiger partial charge is 0.361 e. The fraction of sp³-hybridized carbons (Fsp3) is 0.500. The molecule has 0 spiro atoms. The van der Waals surface area contributed by atoms with Crippen molar-refractivity contribution in [3.8, 4) is 6.07 Å². The van der Waals surface area contributed by atoms with E-state index in [0.717, 1.165) is 0 Å². The van der Waals surface area contributed by atoms with E-state index in [1.54, 1.807) is 0 Å². The number of rotatable bonds is 5. The van der Waals surface area contributed by atoms with Gasteiger partial charge in [0.25, 0.3) is 0 Å². The summed E-state index contributed by atoms with van der Waals surface area (Å²) in [6.07, 6.45) is 0.358. The van der Waals surface area contributed by atoms with Gasteiger partial charge >= 0.3 is 0 Å². The highest BCUT2D eigenvalue weighted by Gasteiger charge is 2.08. The second-order valence-electron chi connectivity index (χ2n) is 3.65. The molecule has 0 saturated carbocycles. The van der Waals surface area contributed by atoms with Gasteiger partial charge in [-0.15, -0.1) is 0 Å². The molecule has 1 amide bonds. The van der Waals surface area contributed by atoms with Crippen LogP contribution in [0.25, 0.3) is 0 Å². The number of aromatic nitrogens is 1. The van der Waals surface area contributed by atoms with Gasteiger partial charge in [0.05, 0.1) is 0 Å². The Morgan fingerprint density at radius 1 is 1.65 bits per heavy atom. The van der Waals surface area contributed by atoms with Crippen LogP contribution in [0.2, 0.25) is 5.15 Å². The van der Waals surface area contributed by atoms with Crippen LogP contribution in [0, 0.1) is 11.3 Å². The Hall–Kier alpha value is -1.32. The molecule has 5 nitrogen and oxygen atoms in total. The minimum atomic E-state index is -0.0179. The lowest BCUT2D eigenvalue weighted by atomic mass is 10.3. The van der Waals surface area contributed by atoms with Gasteiger partial charge in [-0.2, -0.15) is 5.26 Å². The number of nitrogens with one attached hydrogen (secondary N) is 2. The molecule has 0 aromatic carbocycles. The number of amides is 1. The monoisotopic (exact) mass is 272 g/mol. The van der Waals surface area contributed by atoms with E-state index in [2.05, 4.69) is 15.6 Å². The van der Waals surface area contributed by atoms with Crippen LogP contribution in [-0.2, 0) is 4.79 Å². The first-order valence-electron chi connectivity index (χ1n) is 5.12. The highest BCUT2D eigenvalue weighted by atomic mass is 35.5. The van der Waals surface area contributed by atoms with Crippen LogP contribution in [0.4, 0.5) is 5.13 Å². The van der Waals surface area contributed by atoms with Gasteiger partial charge in [-0.05, 0) is 13.8 Å². The van der Waals surface area contributed by atoms with Gasteiger partial charge in [0, 0.05) is 19.0 Å². The van der Waals surface area contributed by atoms with Crippen molar-refractivity contribution in [3.05, 3.63) is 10.0 Å². The van der Waals surface area contributed by atoms with Gasteiger partial charge in [-0.25, -0.2) is 4.98 Å². The van der Waals surface area contributed by atoms with Crippen molar-refractivity contribution in [2.24, 2.45) is 0 Å². The van der Waals surface area contributed by atoms with E-state index in [1.165, 1.54) is 11.3 Å². The number of nitriles is 1. The summed E-state index contributed by atoms with van der Waals surface area (Å²) in [6.45, 7) is 4.28. The summed E-state index contributed by atoms with van der Waals surface area (Å²) in [5.41, 5.74) is 0. The standard InChI is InChI=1S/C10H13ClN4OS/c1-6(2)14-8(16)3-4-13-10-15-9(11)7(5-12)17-10/h6H,3-4H2,1-2H3,(H,13,15)(H,14,16). The van der Waals surface area contributed by atoms with E-state index >= 15 is 0 Å². The molecular weight excluding hydrogens is 260 g/mol. The van der Waals surface area contributed by atoms with Crippen molar-refractivity contribution in [2.45, 2.75) is 26.3 Å². The lowest BCUT2D eigenvalue weighted by molar-refractivity contribution is -0.121. The Labute approximate surface area is 109 Å². The summed E-state index contributed by atoms with van der Waals surface area (Å²) in [5, 5.41) is 15.2. The molecule has 0 unspecified atom stereocenters. The first-order valence-corrected chi connectivity index (χ1v) is 6.32. The average molecular weight is 273 g/mol. The molecule has 2 N–H and O–H groups in total. The topological polar surface area (TPSA) is 77.8 Å².